The van der Waals surface area contributed by atoms with Gasteiger partial charge >= 0.3 is 0 Å². The van der Waals surface area contributed by atoms with Crippen molar-refractivity contribution in [2.24, 2.45) is 5.41 Å². The van der Waals surface area contributed by atoms with E-state index in [1.54, 1.807) is 6.92 Å². The molecule has 3 heterocycles. The van der Waals surface area contributed by atoms with E-state index in [0.717, 1.165) is 30.7 Å². The monoisotopic (exact) mass is 409 g/mol. The van der Waals surface area contributed by atoms with Gasteiger partial charge in [-0.25, -0.2) is 0 Å². The highest BCUT2D eigenvalue weighted by Crippen LogP contribution is 2.43. The van der Waals surface area contributed by atoms with Gasteiger partial charge in [0.2, 0.25) is 0 Å². The van der Waals surface area contributed by atoms with E-state index < -0.39 is 0 Å². The highest BCUT2D eigenvalue weighted by Gasteiger charge is 2.40. The molecule has 0 atom stereocenters. The molecule has 0 aromatic heterocycles. The SMILES string of the molecule is CC(=O)c1ccc(N2CCC(N3CCC4(CCN(C5CCC5)CC4)CC3)CC2)cc1. The van der Waals surface area contributed by atoms with Gasteiger partial charge in [-0.2, -0.15) is 0 Å². The lowest BCUT2D eigenvalue weighted by molar-refractivity contribution is -0.00630. The van der Waals surface area contributed by atoms with Gasteiger partial charge in [-0.1, -0.05) is 6.42 Å². The lowest BCUT2D eigenvalue weighted by atomic mass is 9.70. The Bertz CT molecular complexity index is 715. The molecule has 0 radical (unpaired) electrons. The van der Waals surface area contributed by atoms with Crippen LogP contribution in [0.3, 0.4) is 0 Å². The van der Waals surface area contributed by atoms with Gasteiger partial charge in [-0.3, -0.25) is 4.79 Å². The van der Waals surface area contributed by atoms with E-state index in [1.807, 2.05) is 12.1 Å². The number of anilines is 1. The minimum absolute atomic E-state index is 0.150. The molecule has 5 rings (SSSR count). The Balaban J connectivity index is 1.08. The number of hydrogen-bond acceptors (Lipinski definition) is 4. The second-order valence-corrected chi connectivity index (χ2v) is 10.5. The highest BCUT2D eigenvalue weighted by atomic mass is 16.1. The second-order valence-electron chi connectivity index (χ2n) is 10.5. The van der Waals surface area contributed by atoms with E-state index >= 15 is 0 Å². The summed E-state index contributed by atoms with van der Waals surface area (Å²) in [5.74, 6) is 0.150. The first-order valence-electron chi connectivity index (χ1n) is 12.5. The van der Waals surface area contributed by atoms with E-state index in [-0.39, 0.29) is 5.78 Å². The standard InChI is InChI=1S/C26H39N3O/c1-21(30)22-5-7-24(8-6-22)27-15-9-25(10-16-27)29-19-13-26(14-20-29)11-17-28(18-12-26)23-3-2-4-23/h5-8,23,25H,2-4,9-20H2,1H3. The second kappa shape index (κ2) is 8.63. The van der Waals surface area contributed by atoms with Gasteiger partial charge in [0.1, 0.15) is 0 Å². The first kappa shape index (κ1) is 20.5. The summed E-state index contributed by atoms with van der Waals surface area (Å²) in [5, 5.41) is 0. The predicted molar refractivity (Wildman–Crippen MR) is 123 cm³/mol. The van der Waals surface area contributed by atoms with Crippen molar-refractivity contribution in [3.63, 3.8) is 0 Å². The van der Waals surface area contributed by atoms with Crippen LogP contribution in [0.25, 0.3) is 0 Å². The third-order valence-corrected chi connectivity index (χ3v) is 8.93. The van der Waals surface area contributed by atoms with Crippen LogP contribution in [0.15, 0.2) is 24.3 Å². The fourth-order valence-electron chi connectivity index (χ4n) is 6.38. The van der Waals surface area contributed by atoms with Gasteiger partial charge in [0.05, 0.1) is 0 Å². The molecule has 4 heteroatoms. The number of rotatable bonds is 4. The van der Waals surface area contributed by atoms with Crippen LogP contribution in [0.4, 0.5) is 5.69 Å². The Morgan fingerprint density at radius 1 is 0.767 bits per heavy atom. The van der Waals surface area contributed by atoms with Crippen LogP contribution in [0.2, 0.25) is 0 Å². The lowest BCUT2D eigenvalue weighted by Crippen LogP contribution is -2.53. The van der Waals surface area contributed by atoms with Crippen LogP contribution in [-0.4, -0.2) is 66.9 Å². The zero-order valence-electron chi connectivity index (χ0n) is 18.8. The molecule has 1 spiro atoms. The molecule has 1 aromatic carbocycles. The molecule has 1 aliphatic carbocycles. The molecule has 164 valence electrons. The average Bonchev–Trinajstić information content (AvgIpc) is 2.75. The molecule has 1 aromatic rings. The van der Waals surface area contributed by atoms with Gasteiger partial charge in [-0.15, -0.1) is 0 Å². The van der Waals surface area contributed by atoms with Crippen molar-refractivity contribution in [3.05, 3.63) is 29.8 Å². The molecular formula is C26H39N3O. The van der Waals surface area contributed by atoms with Gasteiger partial charge in [0.25, 0.3) is 0 Å². The molecule has 3 saturated heterocycles. The summed E-state index contributed by atoms with van der Waals surface area (Å²) in [5.41, 5.74) is 2.75. The summed E-state index contributed by atoms with van der Waals surface area (Å²) in [6.45, 7) is 9.30. The third-order valence-electron chi connectivity index (χ3n) is 8.93. The van der Waals surface area contributed by atoms with Crippen molar-refractivity contribution in [2.45, 2.75) is 76.8 Å². The molecule has 0 amide bonds. The summed E-state index contributed by atoms with van der Waals surface area (Å²) in [7, 11) is 0. The lowest BCUT2D eigenvalue weighted by Gasteiger charge is -2.51. The van der Waals surface area contributed by atoms with E-state index in [9.17, 15) is 4.79 Å². The maximum Gasteiger partial charge on any atom is 0.159 e. The Labute approximate surface area is 182 Å². The normalized spacial score (nSPS) is 26.6. The van der Waals surface area contributed by atoms with E-state index in [1.165, 1.54) is 89.7 Å². The Morgan fingerprint density at radius 3 is 1.70 bits per heavy atom. The van der Waals surface area contributed by atoms with Crippen LogP contribution < -0.4 is 4.90 Å². The number of Topliss-reactive ketones (excluding diaryl/α,β-unsaturated/α-hetero) is 1. The molecule has 3 aliphatic heterocycles. The number of benzene rings is 1. The smallest absolute Gasteiger partial charge is 0.159 e. The summed E-state index contributed by atoms with van der Waals surface area (Å²) >= 11 is 0. The van der Waals surface area contributed by atoms with Crippen LogP contribution in [0.5, 0.6) is 0 Å². The summed E-state index contributed by atoms with van der Waals surface area (Å²) < 4.78 is 0. The van der Waals surface area contributed by atoms with Crippen LogP contribution in [-0.2, 0) is 0 Å². The number of carbonyl (C=O) groups excluding carboxylic acids is 1. The van der Waals surface area contributed by atoms with E-state index in [4.69, 9.17) is 0 Å². The van der Waals surface area contributed by atoms with Crippen LogP contribution in [0.1, 0.15) is 75.1 Å². The van der Waals surface area contributed by atoms with Crippen molar-refractivity contribution in [2.75, 3.05) is 44.2 Å². The Hall–Kier alpha value is -1.39. The molecule has 4 fully saturated rings. The van der Waals surface area contributed by atoms with E-state index in [2.05, 4.69) is 26.8 Å². The van der Waals surface area contributed by atoms with Crippen molar-refractivity contribution in [3.8, 4) is 0 Å². The molecular weight excluding hydrogens is 370 g/mol. The minimum Gasteiger partial charge on any atom is -0.371 e. The highest BCUT2D eigenvalue weighted by molar-refractivity contribution is 5.94. The first-order chi connectivity index (χ1) is 14.6. The summed E-state index contributed by atoms with van der Waals surface area (Å²) in [4.78, 5) is 19.6. The average molecular weight is 410 g/mol. The molecule has 0 unspecified atom stereocenters. The number of piperidine rings is 3. The summed E-state index contributed by atoms with van der Waals surface area (Å²) in [6.07, 6.45) is 12.7. The van der Waals surface area contributed by atoms with Gasteiger partial charge in [0.15, 0.2) is 5.78 Å². The van der Waals surface area contributed by atoms with Crippen molar-refractivity contribution < 1.29 is 4.79 Å². The molecule has 1 saturated carbocycles. The zero-order valence-corrected chi connectivity index (χ0v) is 18.8. The number of nitrogens with zero attached hydrogens (tertiary/aromatic N) is 3. The van der Waals surface area contributed by atoms with E-state index in [0.29, 0.717) is 5.41 Å². The van der Waals surface area contributed by atoms with Crippen molar-refractivity contribution in [1.82, 2.24) is 9.80 Å². The third kappa shape index (κ3) is 4.18. The maximum absolute atomic E-state index is 11.5. The van der Waals surface area contributed by atoms with Gasteiger partial charge < -0.3 is 14.7 Å². The Morgan fingerprint density at radius 2 is 1.27 bits per heavy atom. The molecule has 4 aliphatic rings. The molecule has 0 bridgehead atoms. The zero-order chi connectivity index (χ0) is 20.6. The van der Waals surface area contributed by atoms with Gasteiger partial charge in [0, 0.05) is 36.4 Å². The quantitative estimate of drug-likeness (QED) is 0.680. The van der Waals surface area contributed by atoms with Crippen molar-refractivity contribution >= 4 is 11.5 Å². The minimum atomic E-state index is 0.150. The fraction of sp³-hybridized carbons (Fsp3) is 0.731. The Kier molecular flexibility index (Phi) is 5.90. The number of likely N-dealkylation sites (tertiary alicyclic amines) is 2. The first-order valence-corrected chi connectivity index (χ1v) is 12.5. The van der Waals surface area contributed by atoms with Crippen LogP contribution in [0, 0.1) is 5.41 Å². The topological polar surface area (TPSA) is 26.8 Å². The number of carbonyl (C=O) groups is 1. The largest absolute Gasteiger partial charge is 0.371 e. The fourth-order valence-corrected chi connectivity index (χ4v) is 6.38. The van der Waals surface area contributed by atoms with Crippen molar-refractivity contribution in [1.29, 1.82) is 0 Å². The van der Waals surface area contributed by atoms with Gasteiger partial charge in [-0.05, 0) is 114 Å². The molecule has 0 N–H and O–H groups in total. The van der Waals surface area contributed by atoms with Crippen LogP contribution >= 0.6 is 0 Å². The predicted octanol–water partition coefficient (Wildman–Crippen LogP) is 4.59. The molecule has 4 nitrogen and oxygen atoms in total. The molecule has 30 heavy (non-hydrogen) atoms. The number of ketones is 1. The summed E-state index contributed by atoms with van der Waals surface area (Å²) in [6, 6.07) is 9.90. The maximum atomic E-state index is 11.5. The number of hydrogen-bond donors (Lipinski definition) is 0.